The third-order valence-electron chi connectivity index (χ3n) is 5.44. The smallest absolute Gasteiger partial charge is 0.331 e. The van der Waals surface area contributed by atoms with Gasteiger partial charge in [0.1, 0.15) is 11.3 Å². The molecule has 7 nitrogen and oxygen atoms in total. The van der Waals surface area contributed by atoms with Crippen LogP contribution in [0.3, 0.4) is 0 Å². The Morgan fingerprint density at radius 3 is 2.48 bits per heavy atom. The standard InChI is InChI=1S/C24H23N3O4/c1-14-7-8-21(15(2)10-14)27-16(3)11-18(17(27)4)12-20-22(28)25-24(30)26(23(20)29)13-19-6-5-9-31-19/h5-12H,13H2,1-4H3,(H,25,28,30)/b20-12-. The van der Waals surface area contributed by atoms with Crippen molar-refractivity contribution in [3.05, 3.63) is 82.1 Å². The van der Waals surface area contributed by atoms with Gasteiger partial charge in [-0.25, -0.2) is 4.79 Å². The number of imide groups is 2. The molecule has 158 valence electrons. The van der Waals surface area contributed by atoms with Gasteiger partial charge >= 0.3 is 6.03 Å². The summed E-state index contributed by atoms with van der Waals surface area (Å²) in [7, 11) is 0. The average Bonchev–Trinajstić information content (AvgIpc) is 3.31. The predicted octanol–water partition coefficient (Wildman–Crippen LogP) is 3.97. The molecule has 4 amide bonds. The molecule has 3 aromatic rings. The van der Waals surface area contributed by atoms with Crippen LogP contribution in [0.25, 0.3) is 11.8 Å². The fourth-order valence-electron chi connectivity index (χ4n) is 3.91. The molecule has 0 spiro atoms. The minimum absolute atomic E-state index is 0.0517. The lowest BCUT2D eigenvalue weighted by atomic mass is 10.1. The molecule has 2 aromatic heterocycles. The summed E-state index contributed by atoms with van der Waals surface area (Å²) in [4.78, 5) is 38.6. The van der Waals surface area contributed by atoms with Crippen molar-refractivity contribution in [3.63, 3.8) is 0 Å². The number of aromatic nitrogens is 1. The summed E-state index contributed by atoms with van der Waals surface area (Å²) in [5.41, 5.74) is 5.87. The van der Waals surface area contributed by atoms with Gasteiger partial charge in [-0.2, -0.15) is 0 Å². The minimum atomic E-state index is -0.760. The van der Waals surface area contributed by atoms with E-state index in [9.17, 15) is 14.4 Å². The largest absolute Gasteiger partial charge is 0.467 e. The van der Waals surface area contributed by atoms with E-state index in [4.69, 9.17) is 4.42 Å². The van der Waals surface area contributed by atoms with E-state index < -0.39 is 17.8 Å². The van der Waals surface area contributed by atoms with Crippen LogP contribution in [0, 0.1) is 27.7 Å². The molecular weight excluding hydrogens is 394 g/mol. The fraction of sp³-hybridized carbons (Fsp3) is 0.208. The highest BCUT2D eigenvalue weighted by Crippen LogP contribution is 2.26. The van der Waals surface area contributed by atoms with Crippen LogP contribution in [0.4, 0.5) is 4.79 Å². The van der Waals surface area contributed by atoms with Gasteiger partial charge in [-0.05, 0) is 69.2 Å². The van der Waals surface area contributed by atoms with E-state index in [0.29, 0.717) is 5.76 Å². The Hall–Kier alpha value is -3.87. The summed E-state index contributed by atoms with van der Waals surface area (Å²) in [6.07, 6.45) is 3.01. The first-order valence-corrected chi connectivity index (χ1v) is 9.94. The zero-order valence-corrected chi connectivity index (χ0v) is 17.9. The Balaban J connectivity index is 1.73. The normalized spacial score (nSPS) is 15.7. The van der Waals surface area contributed by atoms with Crippen LogP contribution >= 0.6 is 0 Å². The van der Waals surface area contributed by atoms with Crippen LogP contribution in [0.1, 0.15) is 33.8 Å². The number of benzene rings is 1. The summed E-state index contributed by atoms with van der Waals surface area (Å²) >= 11 is 0. The number of carbonyl (C=O) groups is 3. The zero-order chi connectivity index (χ0) is 22.3. The predicted molar refractivity (Wildman–Crippen MR) is 115 cm³/mol. The van der Waals surface area contributed by atoms with Crippen molar-refractivity contribution in [2.24, 2.45) is 0 Å². The number of barbiturate groups is 1. The molecule has 1 aromatic carbocycles. The second kappa shape index (κ2) is 7.75. The van der Waals surface area contributed by atoms with Crippen LogP contribution in [-0.2, 0) is 16.1 Å². The number of hydrogen-bond acceptors (Lipinski definition) is 4. The van der Waals surface area contributed by atoms with Gasteiger partial charge in [-0.1, -0.05) is 17.7 Å². The third-order valence-corrected chi connectivity index (χ3v) is 5.44. The van der Waals surface area contributed by atoms with Crippen molar-refractivity contribution in [1.82, 2.24) is 14.8 Å². The lowest BCUT2D eigenvalue weighted by Crippen LogP contribution is -2.53. The molecular formula is C24H23N3O4. The first-order chi connectivity index (χ1) is 14.8. The molecule has 1 aliphatic rings. The maximum absolute atomic E-state index is 13.0. The minimum Gasteiger partial charge on any atom is -0.467 e. The van der Waals surface area contributed by atoms with Crippen LogP contribution in [-0.4, -0.2) is 27.3 Å². The Morgan fingerprint density at radius 1 is 1.03 bits per heavy atom. The zero-order valence-electron chi connectivity index (χ0n) is 17.9. The molecule has 1 N–H and O–H groups in total. The van der Waals surface area contributed by atoms with Gasteiger partial charge in [-0.15, -0.1) is 0 Å². The average molecular weight is 417 g/mol. The molecule has 0 unspecified atom stereocenters. The van der Waals surface area contributed by atoms with Gasteiger partial charge in [0.2, 0.25) is 0 Å². The van der Waals surface area contributed by atoms with Crippen molar-refractivity contribution in [3.8, 4) is 5.69 Å². The first kappa shape index (κ1) is 20.4. The van der Waals surface area contributed by atoms with E-state index >= 15 is 0 Å². The molecule has 3 heterocycles. The lowest BCUT2D eigenvalue weighted by Gasteiger charge is -2.25. The molecule has 0 saturated carbocycles. The van der Waals surface area contributed by atoms with E-state index in [2.05, 4.69) is 35.0 Å². The molecule has 0 atom stereocenters. The SMILES string of the molecule is Cc1ccc(-n2c(C)cc(/C=C3/C(=O)NC(=O)N(Cc4ccco4)C3=O)c2C)c(C)c1. The number of hydrogen-bond donors (Lipinski definition) is 1. The Kier molecular flexibility index (Phi) is 5.10. The van der Waals surface area contributed by atoms with Crippen molar-refractivity contribution in [1.29, 1.82) is 0 Å². The summed E-state index contributed by atoms with van der Waals surface area (Å²) in [5, 5.41) is 2.24. The van der Waals surface area contributed by atoms with Crippen molar-refractivity contribution < 1.29 is 18.8 Å². The quantitative estimate of drug-likeness (QED) is 0.514. The van der Waals surface area contributed by atoms with Crippen molar-refractivity contribution in [2.45, 2.75) is 34.2 Å². The number of aryl methyl sites for hydroxylation is 3. The Labute approximate surface area is 180 Å². The summed E-state index contributed by atoms with van der Waals surface area (Å²) in [6, 6.07) is 10.7. The van der Waals surface area contributed by atoms with Gasteiger partial charge in [0, 0.05) is 17.1 Å². The van der Waals surface area contributed by atoms with E-state index in [0.717, 1.165) is 33.1 Å². The Bertz CT molecular complexity index is 1230. The van der Waals surface area contributed by atoms with E-state index in [1.807, 2.05) is 26.8 Å². The van der Waals surface area contributed by atoms with Gasteiger partial charge in [0.25, 0.3) is 11.8 Å². The van der Waals surface area contributed by atoms with E-state index in [1.54, 1.807) is 18.2 Å². The lowest BCUT2D eigenvalue weighted by molar-refractivity contribution is -0.130. The first-order valence-electron chi connectivity index (χ1n) is 9.94. The second-order valence-corrected chi connectivity index (χ2v) is 7.74. The summed E-state index contributed by atoms with van der Waals surface area (Å²) in [5.74, 6) is -0.909. The number of carbonyl (C=O) groups excluding carboxylic acids is 3. The van der Waals surface area contributed by atoms with E-state index in [-0.39, 0.29) is 12.1 Å². The number of urea groups is 1. The fourth-order valence-corrected chi connectivity index (χ4v) is 3.91. The number of nitrogens with zero attached hydrogens (tertiary/aromatic N) is 2. The molecule has 31 heavy (non-hydrogen) atoms. The highest BCUT2D eigenvalue weighted by atomic mass is 16.3. The van der Waals surface area contributed by atoms with Gasteiger partial charge in [0.05, 0.1) is 12.8 Å². The molecule has 0 bridgehead atoms. The summed E-state index contributed by atoms with van der Waals surface area (Å²) < 4.78 is 7.33. The molecule has 1 aliphatic heterocycles. The monoisotopic (exact) mass is 417 g/mol. The number of rotatable bonds is 4. The molecule has 7 heteroatoms. The van der Waals surface area contributed by atoms with Crippen LogP contribution in [0.2, 0.25) is 0 Å². The van der Waals surface area contributed by atoms with Crippen LogP contribution in [0.15, 0.2) is 52.7 Å². The highest BCUT2D eigenvalue weighted by Gasteiger charge is 2.36. The van der Waals surface area contributed by atoms with Crippen molar-refractivity contribution >= 4 is 23.9 Å². The molecule has 1 fully saturated rings. The van der Waals surface area contributed by atoms with Crippen LogP contribution < -0.4 is 5.32 Å². The highest BCUT2D eigenvalue weighted by molar-refractivity contribution is 6.31. The summed E-state index contributed by atoms with van der Waals surface area (Å²) in [6.45, 7) is 7.96. The van der Waals surface area contributed by atoms with E-state index in [1.165, 1.54) is 11.8 Å². The maximum Gasteiger partial charge on any atom is 0.331 e. The van der Waals surface area contributed by atoms with Gasteiger partial charge in [-0.3, -0.25) is 19.8 Å². The number of nitrogens with one attached hydrogen (secondary N) is 1. The molecule has 1 saturated heterocycles. The Morgan fingerprint density at radius 2 is 1.81 bits per heavy atom. The van der Waals surface area contributed by atoms with Gasteiger partial charge < -0.3 is 8.98 Å². The molecule has 0 radical (unpaired) electrons. The second-order valence-electron chi connectivity index (χ2n) is 7.74. The van der Waals surface area contributed by atoms with Gasteiger partial charge in [0.15, 0.2) is 0 Å². The van der Waals surface area contributed by atoms with Crippen LogP contribution in [0.5, 0.6) is 0 Å². The third kappa shape index (κ3) is 3.70. The molecule has 0 aliphatic carbocycles. The molecule has 4 rings (SSSR count). The van der Waals surface area contributed by atoms with Crippen molar-refractivity contribution in [2.75, 3.05) is 0 Å². The maximum atomic E-state index is 13.0. The number of furan rings is 1. The topological polar surface area (TPSA) is 84.6 Å². The number of amides is 4.